The molecule has 1 N–H and O–H groups in total. The maximum atomic E-state index is 12.1. The van der Waals surface area contributed by atoms with Crippen molar-refractivity contribution in [3.63, 3.8) is 0 Å². The lowest BCUT2D eigenvalue weighted by atomic mass is 9.89. The standard InChI is InChI=1S/C15H21NO3/c1-5-11-6-8-12(9-7-11)16(4)13(17)10-15(2,3)14(18)19/h6-9H,5,10H2,1-4H3,(H,18,19). The van der Waals surface area contributed by atoms with Crippen molar-refractivity contribution >= 4 is 17.6 Å². The van der Waals surface area contributed by atoms with E-state index >= 15 is 0 Å². The second-order valence-corrected chi connectivity index (χ2v) is 5.34. The summed E-state index contributed by atoms with van der Waals surface area (Å²) in [5.41, 5.74) is 0.938. The van der Waals surface area contributed by atoms with Gasteiger partial charge in [0.2, 0.25) is 5.91 Å². The average molecular weight is 263 g/mol. The molecule has 1 amide bonds. The van der Waals surface area contributed by atoms with Crippen LogP contribution >= 0.6 is 0 Å². The number of aliphatic carboxylic acids is 1. The lowest BCUT2D eigenvalue weighted by Gasteiger charge is -2.23. The molecule has 1 aromatic carbocycles. The predicted octanol–water partition coefficient (Wildman–Crippen LogP) is 2.71. The van der Waals surface area contributed by atoms with Gasteiger partial charge in [0.1, 0.15) is 0 Å². The second-order valence-electron chi connectivity index (χ2n) is 5.34. The first-order valence-corrected chi connectivity index (χ1v) is 6.37. The van der Waals surface area contributed by atoms with E-state index in [-0.39, 0.29) is 12.3 Å². The van der Waals surface area contributed by atoms with Crippen LogP contribution in [0.4, 0.5) is 5.69 Å². The summed E-state index contributed by atoms with van der Waals surface area (Å²) in [7, 11) is 1.67. The predicted molar refractivity (Wildman–Crippen MR) is 75.3 cm³/mol. The minimum atomic E-state index is -1.05. The number of amides is 1. The molecule has 104 valence electrons. The van der Waals surface area contributed by atoms with E-state index in [4.69, 9.17) is 5.11 Å². The van der Waals surface area contributed by atoms with Gasteiger partial charge in [0.25, 0.3) is 0 Å². The Hall–Kier alpha value is -1.84. The van der Waals surface area contributed by atoms with Gasteiger partial charge in [-0.2, -0.15) is 0 Å². The van der Waals surface area contributed by atoms with Gasteiger partial charge >= 0.3 is 5.97 Å². The molecule has 0 unspecified atom stereocenters. The number of carboxylic acids is 1. The van der Waals surface area contributed by atoms with E-state index in [2.05, 4.69) is 6.92 Å². The summed E-state index contributed by atoms with van der Waals surface area (Å²) in [5.74, 6) is -1.16. The molecule has 0 heterocycles. The molecular formula is C15H21NO3. The molecule has 0 spiro atoms. The number of anilines is 1. The van der Waals surface area contributed by atoms with Crippen molar-refractivity contribution in [2.75, 3.05) is 11.9 Å². The van der Waals surface area contributed by atoms with Gasteiger partial charge in [-0.25, -0.2) is 0 Å². The maximum absolute atomic E-state index is 12.1. The molecule has 0 aromatic heterocycles. The topological polar surface area (TPSA) is 57.6 Å². The fourth-order valence-electron chi connectivity index (χ4n) is 1.67. The molecule has 0 aliphatic carbocycles. The SMILES string of the molecule is CCc1ccc(N(C)C(=O)CC(C)(C)C(=O)O)cc1. The van der Waals surface area contributed by atoms with Gasteiger partial charge < -0.3 is 10.0 Å². The molecule has 4 heteroatoms. The van der Waals surface area contributed by atoms with E-state index in [1.807, 2.05) is 24.3 Å². The van der Waals surface area contributed by atoms with Gasteiger partial charge in [0.15, 0.2) is 0 Å². The molecule has 19 heavy (non-hydrogen) atoms. The van der Waals surface area contributed by atoms with E-state index < -0.39 is 11.4 Å². The Morgan fingerprint density at radius 2 is 1.74 bits per heavy atom. The number of hydrogen-bond acceptors (Lipinski definition) is 2. The third-order valence-electron chi connectivity index (χ3n) is 3.28. The summed E-state index contributed by atoms with van der Waals surface area (Å²) >= 11 is 0. The van der Waals surface area contributed by atoms with Crippen molar-refractivity contribution < 1.29 is 14.7 Å². The molecule has 0 fully saturated rings. The molecule has 0 atom stereocenters. The van der Waals surface area contributed by atoms with E-state index in [1.54, 1.807) is 20.9 Å². The normalized spacial score (nSPS) is 11.2. The van der Waals surface area contributed by atoms with E-state index in [0.717, 1.165) is 12.1 Å². The first kappa shape index (κ1) is 15.2. The van der Waals surface area contributed by atoms with E-state index in [1.165, 1.54) is 10.5 Å². The largest absolute Gasteiger partial charge is 0.481 e. The van der Waals surface area contributed by atoms with Crippen LogP contribution in [0.15, 0.2) is 24.3 Å². The highest BCUT2D eigenvalue weighted by atomic mass is 16.4. The number of hydrogen-bond donors (Lipinski definition) is 1. The number of rotatable bonds is 5. The summed E-state index contributed by atoms with van der Waals surface area (Å²) in [6.45, 7) is 5.18. The van der Waals surface area contributed by atoms with Crippen molar-refractivity contribution in [1.82, 2.24) is 0 Å². The van der Waals surface area contributed by atoms with Crippen LogP contribution < -0.4 is 4.90 Å². The van der Waals surface area contributed by atoms with Crippen molar-refractivity contribution in [1.29, 1.82) is 0 Å². The summed E-state index contributed by atoms with van der Waals surface area (Å²) < 4.78 is 0. The Morgan fingerprint density at radius 1 is 1.21 bits per heavy atom. The Labute approximate surface area is 114 Å². The fourth-order valence-corrected chi connectivity index (χ4v) is 1.67. The number of aryl methyl sites for hydroxylation is 1. The van der Waals surface area contributed by atoms with Crippen LogP contribution in [0.1, 0.15) is 32.8 Å². The van der Waals surface area contributed by atoms with Gasteiger partial charge in [-0.1, -0.05) is 19.1 Å². The van der Waals surface area contributed by atoms with Crippen LogP contribution in [0.3, 0.4) is 0 Å². The first-order chi connectivity index (χ1) is 8.77. The van der Waals surface area contributed by atoms with Gasteiger partial charge in [-0.05, 0) is 38.0 Å². The van der Waals surface area contributed by atoms with Gasteiger partial charge in [-0.3, -0.25) is 9.59 Å². The van der Waals surface area contributed by atoms with Crippen LogP contribution in [-0.2, 0) is 16.0 Å². The maximum Gasteiger partial charge on any atom is 0.309 e. The lowest BCUT2D eigenvalue weighted by Crippen LogP contribution is -2.34. The van der Waals surface area contributed by atoms with E-state index in [0.29, 0.717) is 0 Å². The molecule has 0 bridgehead atoms. The summed E-state index contributed by atoms with van der Waals surface area (Å²) in [6.07, 6.45) is 0.929. The molecule has 1 rings (SSSR count). The summed E-state index contributed by atoms with van der Waals surface area (Å²) in [6, 6.07) is 7.71. The Balaban J connectivity index is 2.79. The molecule has 0 aliphatic rings. The number of carbonyl (C=O) groups excluding carboxylic acids is 1. The molecular weight excluding hydrogens is 242 g/mol. The molecule has 0 saturated carbocycles. The number of benzene rings is 1. The van der Waals surface area contributed by atoms with Crippen molar-refractivity contribution in [3.05, 3.63) is 29.8 Å². The fraction of sp³-hybridized carbons (Fsp3) is 0.467. The zero-order chi connectivity index (χ0) is 14.6. The van der Waals surface area contributed by atoms with Crippen molar-refractivity contribution in [3.8, 4) is 0 Å². The Morgan fingerprint density at radius 3 is 2.16 bits per heavy atom. The summed E-state index contributed by atoms with van der Waals surface area (Å²) in [4.78, 5) is 24.6. The van der Waals surface area contributed by atoms with Crippen molar-refractivity contribution in [2.24, 2.45) is 5.41 Å². The van der Waals surface area contributed by atoms with Crippen LogP contribution in [-0.4, -0.2) is 24.0 Å². The van der Waals surface area contributed by atoms with Crippen LogP contribution in [0.2, 0.25) is 0 Å². The highest BCUT2D eigenvalue weighted by Gasteiger charge is 2.31. The smallest absolute Gasteiger partial charge is 0.309 e. The highest BCUT2D eigenvalue weighted by molar-refractivity contribution is 5.95. The number of carbonyl (C=O) groups is 2. The zero-order valence-electron chi connectivity index (χ0n) is 11.9. The second kappa shape index (κ2) is 5.87. The Bertz CT molecular complexity index is 463. The molecule has 0 saturated heterocycles. The molecule has 1 aromatic rings. The van der Waals surface area contributed by atoms with Crippen LogP contribution in [0.25, 0.3) is 0 Å². The molecule has 4 nitrogen and oxygen atoms in total. The lowest BCUT2D eigenvalue weighted by molar-refractivity contribution is -0.149. The average Bonchev–Trinajstić information content (AvgIpc) is 2.37. The molecule has 0 radical (unpaired) electrons. The number of nitrogens with zero attached hydrogens (tertiary/aromatic N) is 1. The highest BCUT2D eigenvalue weighted by Crippen LogP contribution is 2.23. The number of carboxylic acid groups (broad SMARTS) is 1. The Kier molecular flexibility index (Phi) is 4.70. The quantitative estimate of drug-likeness (QED) is 0.888. The van der Waals surface area contributed by atoms with Crippen LogP contribution in [0.5, 0.6) is 0 Å². The molecule has 0 aliphatic heterocycles. The monoisotopic (exact) mass is 263 g/mol. The first-order valence-electron chi connectivity index (χ1n) is 6.37. The van der Waals surface area contributed by atoms with Crippen LogP contribution in [0, 0.1) is 5.41 Å². The summed E-state index contributed by atoms with van der Waals surface area (Å²) in [5, 5.41) is 9.04. The third kappa shape index (κ3) is 3.81. The van der Waals surface area contributed by atoms with E-state index in [9.17, 15) is 9.59 Å². The van der Waals surface area contributed by atoms with Gasteiger partial charge in [0, 0.05) is 19.2 Å². The van der Waals surface area contributed by atoms with Gasteiger partial charge in [0.05, 0.1) is 5.41 Å². The minimum absolute atomic E-state index is 0.0195. The van der Waals surface area contributed by atoms with Crippen molar-refractivity contribution in [2.45, 2.75) is 33.6 Å². The van der Waals surface area contributed by atoms with Gasteiger partial charge in [-0.15, -0.1) is 0 Å². The third-order valence-corrected chi connectivity index (χ3v) is 3.28. The minimum Gasteiger partial charge on any atom is -0.481 e. The zero-order valence-corrected chi connectivity index (χ0v) is 11.9.